The van der Waals surface area contributed by atoms with E-state index in [4.69, 9.17) is 14.5 Å². The number of anilines is 3. The molecule has 0 amide bonds. The zero-order valence-electron chi connectivity index (χ0n) is 22.1. The molecule has 4 aromatic rings. The Labute approximate surface area is 231 Å². The molecule has 0 spiro atoms. The fraction of sp³-hybridized carbons (Fsp3) is 0.276. The first-order chi connectivity index (χ1) is 19.5. The van der Waals surface area contributed by atoms with Crippen LogP contribution < -0.4 is 15.4 Å². The molecule has 1 aliphatic heterocycles. The lowest BCUT2D eigenvalue weighted by molar-refractivity contribution is -0.384. The quantitative estimate of drug-likeness (QED) is 0.150. The van der Waals surface area contributed by atoms with E-state index >= 15 is 0 Å². The largest absolute Gasteiger partial charge is 0.465 e. The SMILES string of the molecule is CCOC(=O)CN1CCC(Nc2nc(Nc3ccc(Oc4ccccc4)cc3)nc3ccc([N+](=O)[O-])cc23)CC1. The van der Waals surface area contributed by atoms with E-state index in [-0.39, 0.29) is 24.2 Å². The van der Waals surface area contributed by atoms with Crippen molar-refractivity contribution < 1.29 is 19.2 Å². The number of non-ortho nitro benzene ring substituents is 1. The molecule has 0 atom stereocenters. The van der Waals surface area contributed by atoms with Crippen LogP contribution in [-0.4, -0.2) is 58.0 Å². The van der Waals surface area contributed by atoms with Crippen LogP contribution in [0.2, 0.25) is 0 Å². The Kier molecular flexibility index (Phi) is 8.31. The van der Waals surface area contributed by atoms with Gasteiger partial charge in [-0.2, -0.15) is 4.98 Å². The molecule has 5 rings (SSSR count). The minimum absolute atomic E-state index is 0.0295. The number of likely N-dealkylation sites (tertiary alicyclic amines) is 1. The fourth-order valence-corrected chi connectivity index (χ4v) is 4.57. The molecule has 0 saturated carbocycles. The number of piperidine rings is 1. The number of aromatic nitrogens is 2. The molecule has 1 fully saturated rings. The van der Waals surface area contributed by atoms with E-state index in [9.17, 15) is 14.9 Å². The maximum absolute atomic E-state index is 11.8. The van der Waals surface area contributed by atoms with Crippen LogP contribution >= 0.6 is 0 Å². The number of nitro groups is 1. The normalized spacial score (nSPS) is 14.0. The van der Waals surface area contributed by atoms with Crippen LogP contribution in [0.25, 0.3) is 10.9 Å². The van der Waals surface area contributed by atoms with Gasteiger partial charge in [0.1, 0.15) is 17.3 Å². The first-order valence-corrected chi connectivity index (χ1v) is 13.2. The number of para-hydroxylation sites is 1. The minimum Gasteiger partial charge on any atom is -0.465 e. The summed E-state index contributed by atoms with van der Waals surface area (Å²) in [6.07, 6.45) is 1.57. The number of hydrogen-bond acceptors (Lipinski definition) is 10. The van der Waals surface area contributed by atoms with Gasteiger partial charge < -0.3 is 20.1 Å². The first-order valence-electron chi connectivity index (χ1n) is 13.2. The average molecular weight is 543 g/mol. The maximum Gasteiger partial charge on any atom is 0.320 e. The number of nitrogens with zero attached hydrogens (tertiary/aromatic N) is 4. The molecule has 3 aromatic carbocycles. The molecular formula is C29H30N6O5. The maximum atomic E-state index is 11.8. The van der Waals surface area contributed by atoms with Gasteiger partial charge in [-0.3, -0.25) is 19.8 Å². The molecule has 1 aliphatic rings. The van der Waals surface area contributed by atoms with E-state index in [1.165, 1.54) is 12.1 Å². The monoisotopic (exact) mass is 542 g/mol. The third-order valence-electron chi connectivity index (χ3n) is 6.57. The van der Waals surface area contributed by atoms with Gasteiger partial charge in [0.2, 0.25) is 5.95 Å². The Morgan fingerprint density at radius 2 is 1.75 bits per heavy atom. The van der Waals surface area contributed by atoms with Crippen molar-refractivity contribution in [2.45, 2.75) is 25.8 Å². The summed E-state index contributed by atoms with van der Waals surface area (Å²) >= 11 is 0. The van der Waals surface area contributed by atoms with Gasteiger partial charge in [-0.05, 0) is 62.2 Å². The van der Waals surface area contributed by atoms with Gasteiger partial charge in [0.15, 0.2) is 0 Å². The van der Waals surface area contributed by atoms with Gasteiger partial charge in [0, 0.05) is 42.3 Å². The number of carbonyl (C=O) groups is 1. The number of carbonyl (C=O) groups excluding carboxylic acids is 1. The number of ether oxygens (including phenoxy) is 2. The summed E-state index contributed by atoms with van der Waals surface area (Å²) in [5.41, 5.74) is 1.31. The number of benzene rings is 3. The van der Waals surface area contributed by atoms with Gasteiger partial charge in [-0.15, -0.1) is 0 Å². The highest BCUT2D eigenvalue weighted by Gasteiger charge is 2.23. The standard InChI is InChI=1S/C29H30N6O5/c1-2-39-27(36)19-34-16-14-21(15-17-34)30-28-25-18-22(35(37)38)10-13-26(25)32-29(33-28)31-20-8-11-24(12-9-20)40-23-6-4-3-5-7-23/h3-13,18,21H,2,14-17,19H2,1H3,(H2,30,31,32,33). The molecule has 1 aromatic heterocycles. The Morgan fingerprint density at radius 3 is 2.45 bits per heavy atom. The predicted octanol–water partition coefficient (Wildman–Crippen LogP) is 5.51. The summed E-state index contributed by atoms with van der Waals surface area (Å²) in [4.78, 5) is 34.2. The van der Waals surface area contributed by atoms with Crippen molar-refractivity contribution >= 4 is 40.0 Å². The first kappa shape index (κ1) is 26.8. The van der Waals surface area contributed by atoms with E-state index < -0.39 is 4.92 Å². The summed E-state index contributed by atoms with van der Waals surface area (Å²) in [6.45, 7) is 3.88. The number of fused-ring (bicyclic) bond motifs is 1. The van der Waals surface area contributed by atoms with Crippen molar-refractivity contribution in [2.75, 3.05) is 36.9 Å². The fourth-order valence-electron chi connectivity index (χ4n) is 4.57. The lowest BCUT2D eigenvalue weighted by Gasteiger charge is -2.32. The second-order valence-corrected chi connectivity index (χ2v) is 9.42. The van der Waals surface area contributed by atoms with E-state index in [0.29, 0.717) is 35.0 Å². The van der Waals surface area contributed by atoms with Crippen LogP contribution in [0.3, 0.4) is 0 Å². The van der Waals surface area contributed by atoms with Crippen molar-refractivity contribution in [1.82, 2.24) is 14.9 Å². The van der Waals surface area contributed by atoms with Gasteiger partial charge >= 0.3 is 5.97 Å². The van der Waals surface area contributed by atoms with Crippen molar-refractivity contribution in [2.24, 2.45) is 0 Å². The number of esters is 1. The summed E-state index contributed by atoms with van der Waals surface area (Å²) in [6, 6.07) is 21.6. The molecule has 2 heterocycles. The van der Waals surface area contributed by atoms with Crippen LogP contribution in [0.1, 0.15) is 19.8 Å². The van der Waals surface area contributed by atoms with Crippen LogP contribution in [0.4, 0.5) is 23.1 Å². The molecule has 11 heteroatoms. The van der Waals surface area contributed by atoms with Crippen molar-refractivity contribution in [1.29, 1.82) is 0 Å². The molecule has 1 saturated heterocycles. The summed E-state index contributed by atoms with van der Waals surface area (Å²) in [7, 11) is 0. The Balaban J connectivity index is 1.33. The second-order valence-electron chi connectivity index (χ2n) is 9.42. The molecule has 206 valence electrons. The highest BCUT2D eigenvalue weighted by Crippen LogP contribution is 2.30. The molecule has 0 unspecified atom stereocenters. The summed E-state index contributed by atoms with van der Waals surface area (Å²) in [5, 5.41) is 18.7. The number of nitro benzene ring substituents is 1. The topological polar surface area (TPSA) is 132 Å². The van der Waals surface area contributed by atoms with Crippen LogP contribution in [-0.2, 0) is 9.53 Å². The zero-order chi connectivity index (χ0) is 27.9. The number of rotatable bonds is 10. The van der Waals surface area contributed by atoms with E-state index in [1.54, 1.807) is 13.0 Å². The van der Waals surface area contributed by atoms with E-state index in [2.05, 4.69) is 20.5 Å². The van der Waals surface area contributed by atoms with Gasteiger partial charge in [0.05, 0.1) is 23.6 Å². The lowest BCUT2D eigenvalue weighted by Crippen LogP contribution is -2.42. The molecule has 2 N–H and O–H groups in total. The molecule has 0 radical (unpaired) electrons. The Bertz CT molecular complexity index is 1470. The van der Waals surface area contributed by atoms with Gasteiger partial charge in [-0.25, -0.2) is 4.98 Å². The highest BCUT2D eigenvalue weighted by molar-refractivity contribution is 5.92. The molecule has 11 nitrogen and oxygen atoms in total. The van der Waals surface area contributed by atoms with Crippen molar-refractivity contribution in [3.05, 3.63) is 82.9 Å². The van der Waals surface area contributed by atoms with E-state index in [0.717, 1.165) is 37.4 Å². The average Bonchev–Trinajstić information content (AvgIpc) is 2.95. The molecule has 40 heavy (non-hydrogen) atoms. The molecular weight excluding hydrogens is 512 g/mol. The zero-order valence-corrected chi connectivity index (χ0v) is 22.1. The van der Waals surface area contributed by atoms with Crippen LogP contribution in [0.5, 0.6) is 11.5 Å². The van der Waals surface area contributed by atoms with E-state index in [1.807, 2.05) is 54.6 Å². The van der Waals surface area contributed by atoms with Crippen molar-refractivity contribution in [3.63, 3.8) is 0 Å². The second kappa shape index (κ2) is 12.4. The minimum atomic E-state index is -0.428. The lowest BCUT2D eigenvalue weighted by atomic mass is 10.0. The third kappa shape index (κ3) is 6.80. The smallest absolute Gasteiger partial charge is 0.320 e. The third-order valence-corrected chi connectivity index (χ3v) is 6.57. The summed E-state index contributed by atoms with van der Waals surface area (Å²) in [5.74, 6) is 2.10. The summed E-state index contributed by atoms with van der Waals surface area (Å²) < 4.78 is 10.9. The van der Waals surface area contributed by atoms with Gasteiger partial charge in [0.25, 0.3) is 5.69 Å². The van der Waals surface area contributed by atoms with Crippen molar-refractivity contribution in [3.8, 4) is 11.5 Å². The number of nitrogens with one attached hydrogen (secondary N) is 2. The van der Waals surface area contributed by atoms with Crippen LogP contribution in [0, 0.1) is 10.1 Å². The highest BCUT2D eigenvalue weighted by atomic mass is 16.6. The predicted molar refractivity (Wildman–Crippen MR) is 152 cm³/mol. The number of hydrogen-bond donors (Lipinski definition) is 2. The van der Waals surface area contributed by atoms with Crippen LogP contribution in [0.15, 0.2) is 72.8 Å². The van der Waals surface area contributed by atoms with Gasteiger partial charge in [-0.1, -0.05) is 18.2 Å². The molecule has 0 bridgehead atoms. The Morgan fingerprint density at radius 1 is 1.02 bits per heavy atom. The Hall–Kier alpha value is -4.77. The molecule has 0 aliphatic carbocycles.